The number of nitrogens with zero attached hydrogens (tertiary/aromatic N) is 4. The van der Waals surface area contributed by atoms with Crippen LogP contribution in [0.3, 0.4) is 0 Å². The van der Waals surface area contributed by atoms with Gasteiger partial charge in [0, 0.05) is 25.1 Å². The molecule has 0 radical (unpaired) electrons. The van der Waals surface area contributed by atoms with Crippen molar-refractivity contribution < 1.29 is 0 Å². The highest BCUT2D eigenvalue weighted by Crippen LogP contribution is 2.15. The van der Waals surface area contributed by atoms with E-state index in [1.165, 1.54) is 16.8 Å². The van der Waals surface area contributed by atoms with Crippen molar-refractivity contribution in [2.75, 3.05) is 0 Å². The molecule has 0 saturated heterocycles. The zero-order valence-corrected chi connectivity index (χ0v) is 10.5. The number of rotatable bonds is 4. The monoisotopic (exact) mass is 240 g/mol. The summed E-state index contributed by atoms with van der Waals surface area (Å²) in [7, 11) is 0. The van der Waals surface area contributed by atoms with Crippen LogP contribution in [0.15, 0.2) is 43.1 Å². The van der Waals surface area contributed by atoms with Crippen molar-refractivity contribution in [2.45, 2.75) is 26.3 Å². The lowest BCUT2D eigenvalue weighted by Gasteiger charge is -2.00. The standard InChI is InChI=1S/C14H16N4/c1-12-13(5-4-8-17-10-7-15-11-17)16-18-9-3-2-6-14(12)18/h2-3,6-7,9-11H,4-5,8H2,1H3. The van der Waals surface area contributed by atoms with Crippen LogP contribution in [0.1, 0.15) is 17.7 Å². The van der Waals surface area contributed by atoms with Crippen LogP contribution >= 0.6 is 0 Å². The fourth-order valence-electron chi connectivity index (χ4n) is 2.26. The number of fused-ring (bicyclic) bond motifs is 1. The lowest BCUT2D eigenvalue weighted by atomic mass is 10.1. The molecule has 0 spiro atoms. The normalized spacial score (nSPS) is 11.2. The van der Waals surface area contributed by atoms with Crippen molar-refractivity contribution in [1.82, 2.24) is 19.2 Å². The van der Waals surface area contributed by atoms with Gasteiger partial charge in [0.15, 0.2) is 0 Å². The molecule has 4 heteroatoms. The summed E-state index contributed by atoms with van der Waals surface area (Å²) < 4.78 is 4.06. The Bertz CT molecular complexity index is 637. The van der Waals surface area contributed by atoms with Crippen LogP contribution in [-0.2, 0) is 13.0 Å². The van der Waals surface area contributed by atoms with Gasteiger partial charge in [-0.05, 0) is 37.5 Å². The first-order chi connectivity index (χ1) is 8.84. The van der Waals surface area contributed by atoms with Crippen molar-refractivity contribution >= 4 is 5.52 Å². The number of aromatic nitrogens is 4. The van der Waals surface area contributed by atoms with Crippen LogP contribution in [0, 0.1) is 6.92 Å². The maximum absolute atomic E-state index is 4.62. The second-order valence-corrected chi connectivity index (χ2v) is 4.51. The molecular formula is C14H16N4. The molecule has 0 bridgehead atoms. The number of hydrogen-bond donors (Lipinski definition) is 0. The summed E-state index contributed by atoms with van der Waals surface area (Å²) in [6.45, 7) is 3.14. The van der Waals surface area contributed by atoms with Gasteiger partial charge in [0.2, 0.25) is 0 Å². The van der Waals surface area contributed by atoms with Crippen molar-refractivity contribution in [2.24, 2.45) is 0 Å². The number of pyridine rings is 1. The molecule has 0 saturated carbocycles. The molecule has 3 heterocycles. The Morgan fingerprint density at radius 3 is 2.94 bits per heavy atom. The smallest absolute Gasteiger partial charge is 0.0945 e. The summed E-state index contributed by atoms with van der Waals surface area (Å²) >= 11 is 0. The molecule has 92 valence electrons. The fraction of sp³-hybridized carbons (Fsp3) is 0.286. The maximum Gasteiger partial charge on any atom is 0.0945 e. The molecule has 18 heavy (non-hydrogen) atoms. The summed E-state index contributed by atoms with van der Waals surface area (Å²) in [6, 6.07) is 6.18. The van der Waals surface area contributed by atoms with Crippen LogP contribution in [0.5, 0.6) is 0 Å². The second kappa shape index (κ2) is 4.64. The predicted octanol–water partition coefficient (Wildman–Crippen LogP) is 2.47. The Balaban J connectivity index is 1.73. The Kier molecular flexibility index (Phi) is 2.84. The number of hydrogen-bond acceptors (Lipinski definition) is 2. The molecule has 3 rings (SSSR count). The van der Waals surface area contributed by atoms with Crippen LogP contribution in [0.25, 0.3) is 5.52 Å². The third kappa shape index (κ3) is 2.01. The van der Waals surface area contributed by atoms with Gasteiger partial charge in [0.25, 0.3) is 0 Å². The first kappa shape index (κ1) is 11.0. The van der Waals surface area contributed by atoms with Gasteiger partial charge in [0.1, 0.15) is 0 Å². The summed E-state index contributed by atoms with van der Waals surface area (Å²) in [6.07, 6.45) is 9.76. The van der Waals surface area contributed by atoms with Crippen molar-refractivity contribution in [3.8, 4) is 0 Å². The van der Waals surface area contributed by atoms with Crippen LogP contribution in [-0.4, -0.2) is 19.2 Å². The average Bonchev–Trinajstić information content (AvgIpc) is 3.00. The lowest BCUT2D eigenvalue weighted by molar-refractivity contribution is 0.632. The molecule has 3 aromatic rings. The largest absolute Gasteiger partial charge is 0.337 e. The molecule has 0 N–H and O–H groups in total. The Morgan fingerprint density at radius 1 is 1.22 bits per heavy atom. The Labute approximate surface area is 106 Å². The lowest BCUT2D eigenvalue weighted by Crippen LogP contribution is -1.98. The zero-order valence-electron chi connectivity index (χ0n) is 10.5. The van der Waals surface area contributed by atoms with Crippen LogP contribution < -0.4 is 0 Å². The molecule has 0 aliphatic rings. The minimum absolute atomic E-state index is 0.993. The topological polar surface area (TPSA) is 35.1 Å². The fourth-order valence-corrected chi connectivity index (χ4v) is 2.26. The van der Waals surface area contributed by atoms with Gasteiger partial charge in [-0.2, -0.15) is 5.10 Å². The van der Waals surface area contributed by atoms with E-state index in [9.17, 15) is 0 Å². The van der Waals surface area contributed by atoms with Gasteiger partial charge >= 0.3 is 0 Å². The highest BCUT2D eigenvalue weighted by atomic mass is 15.2. The summed E-state index contributed by atoms with van der Waals surface area (Å²) in [5, 5.41) is 4.62. The van der Waals surface area contributed by atoms with Gasteiger partial charge in [-0.1, -0.05) is 6.07 Å². The summed E-state index contributed by atoms with van der Waals surface area (Å²) in [5.74, 6) is 0. The molecule has 3 aromatic heterocycles. The molecule has 0 fully saturated rings. The van der Waals surface area contributed by atoms with E-state index in [1.807, 2.05) is 35.5 Å². The van der Waals surface area contributed by atoms with Gasteiger partial charge in [-0.15, -0.1) is 0 Å². The molecule has 0 amide bonds. The zero-order chi connectivity index (χ0) is 12.4. The first-order valence-corrected chi connectivity index (χ1v) is 6.23. The van der Waals surface area contributed by atoms with Crippen molar-refractivity contribution in [1.29, 1.82) is 0 Å². The third-order valence-electron chi connectivity index (χ3n) is 3.27. The number of imidazole rings is 1. The maximum atomic E-state index is 4.62. The Hall–Kier alpha value is -2.10. The molecule has 0 aliphatic carbocycles. The minimum atomic E-state index is 0.993. The molecular weight excluding hydrogens is 224 g/mol. The molecule has 0 unspecified atom stereocenters. The third-order valence-corrected chi connectivity index (χ3v) is 3.27. The van der Waals surface area contributed by atoms with E-state index in [-0.39, 0.29) is 0 Å². The van der Waals surface area contributed by atoms with Gasteiger partial charge in [-0.3, -0.25) is 0 Å². The second-order valence-electron chi connectivity index (χ2n) is 4.51. The molecule has 0 aromatic carbocycles. The highest BCUT2D eigenvalue weighted by molar-refractivity contribution is 5.55. The summed E-state index contributed by atoms with van der Waals surface area (Å²) in [5.41, 5.74) is 3.69. The summed E-state index contributed by atoms with van der Waals surface area (Å²) in [4.78, 5) is 4.04. The van der Waals surface area contributed by atoms with Crippen molar-refractivity contribution in [3.05, 3.63) is 54.4 Å². The van der Waals surface area contributed by atoms with Gasteiger partial charge in [0.05, 0.1) is 17.5 Å². The van der Waals surface area contributed by atoms with E-state index < -0.39 is 0 Å². The SMILES string of the molecule is Cc1c(CCCn2ccnc2)nn2ccccc12. The quantitative estimate of drug-likeness (QED) is 0.702. The van der Waals surface area contributed by atoms with E-state index in [1.54, 1.807) is 0 Å². The molecule has 0 atom stereocenters. The van der Waals surface area contributed by atoms with E-state index in [4.69, 9.17) is 0 Å². The van der Waals surface area contributed by atoms with Crippen LogP contribution in [0.4, 0.5) is 0 Å². The average molecular weight is 240 g/mol. The number of aryl methyl sites for hydroxylation is 3. The van der Waals surface area contributed by atoms with Gasteiger partial charge < -0.3 is 4.57 Å². The van der Waals surface area contributed by atoms with Gasteiger partial charge in [-0.25, -0.2) is 9.50 Å². The van der Waals surface area contributed by atoms with E-state index in [0.29, 0.717) is 0 Å². The van der Waals surface area contributed by atoms with E-state index in [0.717, 1.165) is 19.4 Å². The Morgan fingerprint density at radius 2 is 2.17 bits per heavy atom. The predicted molar refractivity (Wildman–Crippen MR) is 70.5 cm³/mol. The van der Waals surface area contributed by atoms with Crippen molar-refractivity contribution in [3.63, 3.8) is 0 Å². The molecule has 0 aliphatic heterocycles. The van der Waals surface area contributed by atoms with Crippen LogP contribution in [0.2, 0.25) is 0 Å². The molecule has 4 nitrogen and oxygen atoms in total. The minimum Gasteiger partial charge on any atom is -0.337 e. The van der Waals surface area contributed by atoms with E-state index in [2.05, 4.69) is 33.7 Å². The highest BCUT2D eigenvalue weighted by Gasteiger charge is 2.07. The first-order valence-electron chi connectivity index (χ1n) is 6.23. The van der Waals surface area contributed by atoms with E-state index >= 15 is 0 Å².